The SMILES string of the molecule is CCC(C(=O)NCC(C)C)N(Cc1ccc(Cl)c(Cl)c1)C(=O)CN(c1ccc(Br)cc1)S(=O)(=O)c1ccccc1. The summed E-state index contributed by atoms with van der Waals surface area (Å²) in [5, 5.41) is 3.58. The van der Waals surface area contributed by atoms with Gasteiger partial charge >= 0.3 is 0 Å². The second kappa shape index (κ2) is 14.3. The van der Waals surface area contributed by atoms with Crippen LogP contribution in [0, 0.1) is 5.92 Å². The normalized spacial score (nSPS) is 12.2. The third-order valence-corrected chi connectivity index (χ3v) is 9.19. The summed E-state index contributed by atoms with van der Waals surface area (Å²) < 4.78 is 29.4. The van der Waals surface area contributed by atoms with Gasteiger partial charge in [-0.05, 0) is 66.4 Å². The molecule has 40 heavy (non-hydrogen) atoms. The Hall–Kier alpha value is -2.59. The van der Waals surface area contributed by atoms with Gasteiger partial charge in [0.2, 0.25) is 11.8 Å². The van der Waals surface area contributed by atoms with Crippen molar-refractivity contribution in [2.24, 2.45) is 5.92 Å². The summed E-state index contributed by atoms with van der Waals surface area (Å²) in [6.45, 7) is 5.71. The van der Waals surface area contributed by atoms with Gasteiger partial charge in [-0.15, -0.1) is 0 Å². The highest BCUT2D eigenvalue weighted by Gasteiger charge is 2.33. The van der Waals surface area contributed by atoms with Crippen molar-refractivity contribution in [1.82, 2.24) is 10.2 Å². The highest BCUT2D eigenvalue weighted by atomic mass is 79.9. The Labute approximate surface area is 254 Å². The summed E-state index contributed by atoms with van der Waals surface area (Å²) in [6.07, 6.45) is 0.320. The third-order valence-electron chi connectivity index (χ3n) is 6.13. The van der Waals surface area contributed by atoms with Gasteiger partial charge in [0.1, 0.15) is 12.6 Å². The van der Waals surface area contributed by atoms with Gasteiger partial charge in [0.15, 0.2) is 0 Å². The van der Waals surface area contributed by atoms with Crippen molar-refractivity contribution in [2.45, 2.75) is 44.7 Å². The molecule has 214 valence electrons. The number of halogens is 3. The molecular formula is C29H32BrCl2N3O4S. The van der Waals surface area contributed by atoms with E-state index in [9.17, 15) is 18.0 Å². The summed E-state index contributed by atoms with van der Waals surface area (Å²) in [5.74, 6) is -0.643. The summed E-state index contributed by atoms with van der Waals surface area (Å²) in [4.78, 5) is 28.8. The van der Waals surface area contributed by atoms with Crippen LogP contribution in [0.3, 0.4) is 0 Å². The molecule has 0 saturated heterocycles. The van der Waals surface area contributed by atoms with E-state index in [0.29, 0.717) is 34.3 Å². The molecule has 2 amide bonds. The van der Waals surface area contributed by atoms with Crippen LogP contribution in [0.5, 0.6) is 0 Å². The molecule has 3 rings (SSSR count). The van der Waals surface area contributed by atoms with Crippen LogP contribution >= 0.6 is 39.1 Å². The Bertz CT molecular complexity index is 1420. The second-order valence-corrected chi connectivity index (χ2v) is 13.2. The summed E-state index contributed by atoms with van der Waals surface area (Å²) in [6, 6.07) is 18.7. The molecule has 3 aromatic rings. The molecule has 1 atom stereocenters. The Kier molecular flexibility index (Phi) is 11.5. The maximum Gasteiger partial charge on any atom is 0.264 e. The standard InChI is InChI=1S/C29H32BrCl2N3O4S/c1-4-27(29(37)33-17-20(2)3)34(18-21-10-15-25(31)26(32)16-21)28(36)19-35(23-13-11-22(30)12-14-23)40(38,39)24-8-6-5-7-9-24/h5-16,20,27H,4,17-19H2,1-3H3,(H,33,37). The highest BCUT2D eigenvalue weighted by molar-refractivity contribution is 9.10. The Morgan fingerprint density at radius 3 is 2.17 bits per heavy atom. The number of nitrogens with zero attached hydrogens (tertiary/aromatic N) is 2. The lowest BCUT2D eigenvalue weighted by Gasteiger charge is -2.33. The fourth-order valence-electron chi connectivity index (χ4n) is 4.03. The summed E-state index contributed by atoms with van der Waals surface area (Å²) >= 11 is 15.7. The molecule has 0 spiro atoms. The smallest absolute Gasteiger partial charge is 0.264 e. The molecule has 7 nitrogen and oxygen atoms in total. The Balaban J connectivity index is 2.04. The zero-order chi connectivity index (χ0) is 29.4. The summed E-state index contributed by atoms with van der Waals surface area (Å²) in [5.41, 5.74) is 0.964. The van der Waals surface area contributed by atoms with E-state index >= 15 is 0 Å². The fraction of sp³-hybridized carbons (Fsp3) is 0.310. The second-order valence-electron chi connectivity index (χ2n) is 9.63. The lowest BCUT2D eigenvalue weighted by molar-refractivity contribution is -0.140. The van der Waals surface area contributed by atoms with Crippen LogP contribution in [-0.4, -0.2) is 44.3 Å². The number of hydrogen-bond donors (Lipinski definition) is 1. The molecule has 3 aromatic carbocycles. The van der Waals surface area contributed by atoms with E-state index in [4.69, 9.17) is 23.2 Å². The number of nitrogens with one attached hydrogen (secondary N) is 1. The van der Waals surface area contributed by atoms with Gasteiger partial charge in [-0.3, -0.25) is 13.9 Å². The number of amides is 2. The van der Waals surface area contributed by atoms with Crippen molar-refractivity contribution in [3.8, 4) is 0 Å². The molecule has 0 radical (unpaired) electrons. The average molecular weight is 669 g/mol. The van der Waals surface area contributed by atoms with Gasteiger partial charge in [0.05, 0.1) is 20.6 Å². The van der Waals surface area contributed by atoms with Crippen molar-refractivity contribution in [1.29, 1.82) is 0 Å². The van der Waals surface area contributed by atoms with Crippen molar-refractivity contribution in [2.75, 3.05) is 17.4 Å². The number of benzene rings is 3. The van der Waals surface area contributed by atoms with Crippen LogP contribution in [0.15, 0.2) is 82.2 Å². The lowest BCUT2D eigenvalue weighted by Crippen LogP contribution is -2.52. The minimum atomic E-state index is -4.12. The molecule has 0 aliphatic heterocycles. The molecule has 11 heteroatoms. The number of sulfonamides is 1. The molecule has 0 fully saturated rings. The van der Waals surface area contributed by atoms with Gasteiger partial charge < -0.3 is 10.2 Å². The van der Waals surface area contributed by atoms with Crippen molar-refractivity contribution in [3.63, 3.8) is 0 Å². The topological polar surface area (TPSA) is 86.8 Å². The average Bonchev–Trinajstić information content (AvgIpc) is 2.93. The van der Waals surface area contributed by atoms with E-state index in [2.05, 4.69) is 21.2 Å². The predicted molar refractivity (Wildman–Crippen MR) is 164 cm³/mol. The highest BCUT2D eigenvalue weighted by Crippen LogP contribution is 2.27. The summed E-state index contributed by atoms with van der Waals surface area (Å²) in [7, 11) is -4.12. The van der Waals surface area contributed by atoms with Crippen LogP contribution in [0.25, 0.3) is 0 Å². The van der Waals surface area contributed by atoms with E-state index in [-0.39, 0.29) is 23.3 Å². The molecule has 1 N–H and O–H groups in total. The number of carbonyl (C=O) groups is 2. The van der Waals surface area contributed by atoms with Crippen molar-refractivity contribution < 1.29 is 18.0 Å². The molecule has 1 unspecified atom stereocenters. The zero-order valence-corrected chi connectivity index (χ0v) is 26.4. The maximum absolute atomic E-state index is 14.0. The number of hydrogen-bond acceptors (Lipinski definition) is 4. The first-order chi connectivity index (χ1) is 18.9. The van der Waals surface area contributed by atoms with Crippen LogP contribution in [-0.2, 0) is 26.2 Å². The molecular weight excluding hydrogens is 637 g/mol. The van der Waals surface area contributed by atoms with Crippen LogP contribution in [0.2, 0.25) is 10.0 Å². The Morgan fingerprint density at radius 1 is 0.950 bits per heavy atom. The predicted octanol–water partition coefficient (Wildman–Crippen LogP) is 6.53. The molecule has 0 heterocycles. The molecule has 0 aliphatic rings. The van der Waals surface area contributed by atoms with E-state index in [0.717, 1.165) is 8.78 Å². The maximum atomic E-state index is 14.0. The Morgan fingerprint density at radius 2 is 1.60 bits per heavy atom. The lowest BCUT2D eigenvalue weighted by atomic mass is 10.1. The van der Waals surface area contributed by atoms with E-state index in [1.165, 1.54) is 17.0 Å². The molecule has 0 saturated carbocycles. The van der Waals surface area contributed by atoms with Gasteiger partial charge in [-0.25, -0.2) is 8.42 Å². The first kappa shape index (κ1) is 31.9. The molecule has 0 bridgehead atoms. The van der Waals surface area contributed by atoms with Gasteiger partial charge in [0.25, 0.3) is 10.0 Å². The fourth-order valence-corrected chi connectivity index (χ4v) is 6.05. The van der Waals surface area contributed by atoms with E-state index in [1.54, 1.807) is 60.7 Å². The van der Waals surface area contributed by atoms with E-state index in [1.807, 2.05) is 20.8 Å². The largest absolute Gasteiger partial charge is 0.354 e. The minimum Gasteiger partial charge on any atom is -0.354 e. The first-order valence-corrected chi connectivity index (χ1v) is 15.8. The van der Waals surface area contributed by atoms with Crippen LogP contribution < -0.4 is 9.62 Å². The number of rotatable bonds is 12. The van der Waals surface area contributed by atoms with Crippen molar-refractivity contribution in [3.05, 3.63) is 92.9 Å². The van der Waals surface area contributed by atoms with Gasteiger partial charge in [-0.1, -0.05) is 84.2 Å². The van der Waals surface area contributed by atoms with Gasteiger partial charge in [-0.2, -0.15) is 0 Å². The number of anilines is 1. The monoisotopic (exact) mass is 667 g/mol. The quantitative estimate of drug-likeness (QED) is 0.238. The molecule has 0 aliphatic carbocycles. The zero-order valence-electron chi connectivity index (χ0n) is 22.5. The van der Waals surface area contributed by atoms with Gasteiger partial charge in [0, 0.05) is 17.6 Å². The number of carbonyl (C=O) groups excluding carboxylic acids is 2. The van der Waals surface area contributed by atoms with Crippen LogP contribution in [0.4, 0.5) is 5.69 Å². The third kappa shape index (κ3) is 8.22. The van der Waals surface area contributed by atoms with Crippen LogP contribution in [0.1, 0.15) is 32.8 Å². The first-order valence-electron chi connectivity index (χ1n) is 12.8. The van der Waals surface area contributed by atoms with E-state index < -0.39 is 28.5 Å². The minimum absolute atomic E-state index is 0.0306. The van der Waals surface area contributed by atoms with Crippen molar-refractivity contribution >= 4 is 66.7 Å². The molecule has 0 aromatic heterocycles.